The first-order valence-corrected chi connectivity index (χ1v) is 5.12. The molecule has 84 valence electrons. The van der Waals surface area contributed by atoms with Gasteiger partial charge in [-0.15, -0.1) is 0 Å². The minimum Gasteiger partial charge on any atom is -0.481 e. The highest BCUT2D eigenvalue weighted by Crippen LogP contribution is 2.24. The molecule has 0 heterocycles. The van der Waals surface area contributed by atoms with E-state index in [2.05, 4.69) is 0 Å². The molecule has 2 aromatic rings. The van der Waals surface area contributed by atoms with Gasteiger partial charge in [-0.2, -0.15) is 0 Å². The highest BCUT2D eigenvalue weighted by molar-refractivity contribution is 5.80. The second-order valence-electron chi connectivity index (χ2n) is 3.59. The van der Waals surface area contributed by atoms with Crippen LogP contribution in [0.2, 0.25) is 0 Å². The summed E-state index contributed by atoms with van der Waals surface area (Å²) < 4.78 is 0. The third-order valence-corrected chi connectivity index (χ3v) is 2.51. The number of rotatable bonds is 3. The van der Waals surface area contributed by atoms with Crippen molar-refractivity contribution < 1.29 is 9.90 Å². The third-order valence-electron chi connectivity index (χ3n) is 2.51. The van der Waals surface area contributed by atoms with Gasteiger partial charge in [0, 0.05) is 0 Å². The van der Waals surface area contributed by atoms with Crippen molar-refractivity contribution >= 4 is 29.0 Å². The van der Waals surface area contributed by atoms with Crippen LogP contribution in [0.3, 0.4) is 0 Å². The Hall–Kier alpha value is -1.32. The van der Waals surface area contributed by atoms with E-state index in [9.17, 15) is 9.90 Å². The highest BCUT2D eigenvalue weighted by atomic mass is 24.3. The maximum Gasteiger partial charge on any atom is 0.316 e. The van der Waals surface area contributed by atoms with Crippen LogP contribution in [-0.2, 0) is 4.79 Å². The van der Waals surface area contributed by atoms with Gasteiger partial charge >= 0.3 is 29.0 Å². The second-order valence-corrected chi connectivity index (χ2v) is 3.59. The fourth-order valence-electron chi connectivity index (χ4n) is 1.77. The van der Waals surface area contributed by atoms with E-state index in [1.165, 1.54) is 0 Å². The summed E-state index contributed by atoms with van der Waals surface area (Å²) in [6, 6.07) is 18.5. The summed E-state index contributed by atoms with van der Waals surface area (Å²) in [5, 5.41) is 9.28. The van der Waals surface area contributed by atoms with Gasteiger partial charge in [0.15, 0.2) is 0 Å². The Morgan fingerprint density at radius 1 is 0.824 bits per heavy atom. The molecule has 0 amide bonds. The minimum atomic E-state index is -0.822. The monoisotopic (exact) mass is 238 g/mol. The predicted octanol–water partition coefficient (Wildman–Crippen LogP) is 1.99. The van der Waals surface area contributed by atoms with Gasteiger partial charge in [0.05, 0.1) is 0 Å². The molecule has 1 N–H and O–H groups in total. The van der Waals surface area contributed by atoms with Gasteiger partial charge in [-0.25, -0.2) is 0 Å². The molecular formula is C14H14MgO2. The third kappa shape index (κ3) is 3.31. The van der Waals surface area contributed by atoms with E-state index in [4.69, 9.17) is 0 Å². The lowest BCUT2D eigenvalue weighted by molar-refractivity contribution is -0.137. The van der Waals surface area contributed by atoms with Crippen LogP contribution in [0.4, 0.5) is 0 Å². The second kappa shape index (κ2) is 6.42. The summed E-state index contributed by atoms with van der Waals surface area (Å²) in [4.78, 5) is 11.3. The molecule has 0 unspecified atom stereocenters. The largest absolute Gasteiger partial charge is 0.481 e. The Morgan fingerprint density at radius 3 is 1.47 bits per heavy atom. The molecule has 3 heteroatoms. The van der Waals surface area contributed by atoms with E-state index >= 15 is 0 Å². The predicted molar refractivity (Wildman–Crippen MR) is 70.9 cm³/mol. The lowest BCUT2D eigenvalue weighted by Gasteiger charge is -2.12. The Balaban J connectivity index is 0.00000144. The lowest BCUT2D eigenvalue weighted by atomic mass is 9.92. The molecule has 2 nitrogen and oxygen atoms in total. The molecule has 0 aliphatic carbocycles. The summed E-state index contributed by atoms with van der Waals surface area (Å²) in [7, 11) is 0. The van der Waals surface area contributed by atoms with Crippen molar-refractivity contribution in [1.29, 1.82) is 0 Å². The van der Waals surface area contributed by atoms with Crippen molar-refractivity contribution in [1.82, 2.24) is 0 Å². The van der Waals surface area contributed by atoms with E-state index in [1.807, 2.05) is 60.7 Å². The van der Waals surface area contributed by atoms with E-state index in [1.54, 1.807) is 0 Å². The van der Waals surface area contributed by atoms with Crippen molar-refractivity contribution in [3.8, 4) is 0 Å². The Labute approximate surface area is 116 Å². The molecule has 17 heavy (non-hydrogen) atoms. The van der Waals surface area contributed by atoms with Crippen molar-refractivity contribution in [2.45, 2.75) is 5.92 Å². The number of carbonyl (C=O) groups is 1. The molecule has 0 radical (unpaired) electrons. The Morgan fingerprint density at radius 2 is 1.18 bits per heavy atom. The fraction of sp³-hybridized carbons (Fsp3) is 0.0714. The van der Waals surface area contributed by atoms with Gasteiger partial charge in [-0.1, -0.05) is 60.7 Å². The van der Waals surface area contributed by atoms with Crippen LogP contribution in [0.25, 0.3) is 0 Å². The van der Waals surface area contributed by atoms with Crippen LogP contribution >= 0.6 is 0 Å². The van der Waals surface area contributed by atoms with Crippen molar-refractivity contribution in [2.24, 2.45) is 0 Å². The standard InChI is InChI=1S/C14H12O2.Mg.2H/c15-14(16)13(11-7-3-1-4-8-11)12-9-5-2-6-10-12;;;/h1-10,13H,(H,15,16);;;. The van der Waals surface area contributed by atoms with E-state index in [0.29, 0.717) is 0 Å². The van der Waals surface area contributed by atoms with Crippen molar-refractivity contribution in [2.75, 3.05) is 0 Å². The van der Waals surface area contributed by atoms with Crippen LogP contribution in [0.5, 0.6) is 0 Å². The number of carboxylic acid groups (broad SMARTS) is 1. The number of carboxylic acids is 1. The van der Waals surface area contributed by atoms with Crippen LogP contribution < -0.4 is 0 Å². The first-order chi connectivity index (χ1) is 7.79. The van der Waals surface area contributed by atoms with Crippen LogP contribution in [0, 0.1) is 0 Å². The van der Waals surface area contributed by atoms with Crippen LogP contribution in [-0.4, -0.2) is 34.1 Å². The van der Waals surface area contributed by atoms with Crippen LogP contribution in [0.1, 0.15) is 17.0 Å². The summed E-state index contributed by atoms with van der Waals surface area (Å²) in [5.74, 6) is -1.40. The maximum atomic E-state index is 11.3. The first kappa shape index (κ1) is 13.7. The average molecular weight is 239 g/mol. The molecule has 0 fully saturated rings. The number of aliphatic carboxylic acids is 1. The quantitative estimate of drug-likeness (QED) is 0.831. The Kier molecular flexibility index (Phi) is 5.19. The Bertz CT molecular complexity index is 429. The normalized spacial score (nSPS) is 9.71. The molecule has 0 saturated heterocycles. The summed E-state index contributed by atoms with van der Waals surface area (Å²) in [6.45, 7) is 0. The van der Waals surface area contributed by atoms with Gasteiger partial charge < -0.3 is 5.11 Å². The lowest BCUT2D eigenvalue weighted by Crippen LogP contribution is -2.12. The molecular weight excluding hydrogens is 224 g/mol. The molecule has 0 aromatic heterocycles. The van der Waals surface area contributed by atoms with E-state index < -0.39 is 11.9 Å². The SMILES string of the molecule is O=C(O)C(c1ccccc1)c1ccccc1.[MgH2]. The molecule has 0 aliphatic heterocycles. The van der Waals surface area contributed by atoms with Gasteiger partial charge in [0.1, 0.15) is 5.92 Å². The highest BCUT2D eigenvalue weighted by Gasteiger charge is 2.20. The average Bonchev–Trinajstić information content (AvgIpc) is 2.31. The van der Waals surface area contributed by atoms with E-state index in [-0.39, 0.29) is 23.1 Å². The van der Waals surface area contributed by atoms with Crippen molar-refractivity contribution in [3.05, 3.63) is 71.8 Å². The van der Waals surface area contributed by atoms with E-state index in [0.717, 1.165) is 11.1 Å². The number of benzene rings is 2. The molecule has 0 atom stereocenters. The zero-order valence-corrected chi connectivity index (χ0v) is 8.71. The maximum absolute atomic E-state index is 11.3. The topological polar surface area (TPSA) is 37.3 Å². The minimum absolute atomic E-state index is 0. The summed E-state index contributed by atoms with van der Waals surface area (Å²) in [6.07, 6.45) is 0. The zero-order chi connectivity index (χ0) is 11.4. The van der Waals surface area contributed by atoms with Gasteiger partial charge in [0.25, 0.3) is 0 Å². The fourth-order valence-corrected chi connectivity index (χ4v) is 1.77. The van der Waals surface area contributed by atoms with Gasteiger partial charge in [-0.05, 0) is 11.1 Å². The summed E-state index contributed by atoms with van der Waals surface area (Å²) >= 11 is 0. The smallest absolute Gasteiger partial charge is 0.316 e. The zero-order valence-electron chi connectivity index (χ0n) is 8.71. The molecule has 0 bridgehead atoms. The first-order valence-electron chi connectivity index (χ1n) is 5.12. The molecule has 0 aliphatic rings. The number of hydrogen-bond donors (Lipinski definition) is 1. The van der Waals surface area contributed by atoms with Crippen LogP contribution in [0.15, 0.2) is 60.7 Å². The van der Waals surface area contributed by atoms with Gasteiger partial charge in [-0.3, -0.25) is 4.79 Å². The molecule has 0 spiro atoms. The summed E-state index contributed by atoms with van der Waals surface area (Å²) in [5.41, 5.74) is 1.61. The van der Waals surface area contributed by atoms with Gasteiger partial charge in [0.2, 0.25) is 0 Å². The molecule has 2 rings (SSSR count). The molecule has 0 saturated carbocycles. The number of hydrogen-bond acceptors (Lipinski definition) is 1. The molecule has 2 aromatic carbocycles. The van der Waals surface area contributed by atoms with Crippen molar-refractivity contribution in [3.63, 3.8) is 0 Å².